The highest BCUT2D eigenvalue weighted by atomic mass is 16.5. The monoisotopic (exact) mass is 231 g/mol. The minimum atomic E-state index is -1.55. The summed E-state index contributed by atoms with van der Waals surface area (Å²) in [5.41, 5.74) is 0. The van der Waals surface area contributed by atoms with E-state index in [0.29, 0.717) is 6.61 Å². The number of aliphatic carboxylic acids is 1. The molecule has 0 aliphatic carbocycles. The Morgan fingerprint density at radius 2 is 2.19 bits per heavy atom. The fourth-order valence-corrected chi connectivity index (χ4v) is 1.55. The Morgan fingerprint density at radius 1 is 1.44 bits per heavy atom. The van der Waals surface area contributed by atoms with Gasteiger partial charge in [-0.25, -0.2) is 4.79 Å². The molecule has 0 aromatic heterocycles. The van der Waals surface area contributed by atoms with E-state index in [1.807, 2.05) is 0 Å². The van der Waals surface area contributed by atoms with Gasteiger partial charge < -0.3 is 20.3 Å². The molecule has 6 heteroatoms. The van der Waals surface area contributed by atoms with Crippen molar-refractivity contribution in [2.24, 2.45) is 0 Å². The van der Waals surface area contributed by atoms with Crippen molar-refractivity contribution >= 4 is 11.9 Å². The molecule has 1 saturated heterocycles. The third-order valence-corrected chi connectivity index (χ3v) is 2.46. The van der Waals surface area contributed by atoms with Crippen molar-refractivity contribution in [2.75, 3.05) is 13.2 Å². The molecule has 1 fully saturated rings. The standard InChI is InChI=1S/C10H17NO5/c12-8(10(14)15)6-11-9(13)5-7-3-1-2-4-16-7/h7-8,12H,1-6H2,(H,11,13)(H,14,15). The highest BCUT2D eigenvalue weighted by molar-refractivity contribution is 5.78. The molecule has 2 unspecified atom stereocenters. The number of carboxylic acids is 1. The number of amides is 1. The summed E-state index contributed by atoms with van der Waals surface area (Å²) in [4.78, 5) is 21.6. The van der Waals surface area contributed by atoms with Crippen LogP contribution in [0.1, 0.15) is 25.7 Å². The summed E-state index contributed by atoms with van der Waals surface area (Å²) in [6, 6.07) is 0. The number of nitrogens with one attached hydrogen (secondary N) is 1. The molecule has 92 valence electrons. The highest BCUT2D eigenvalue weighted by Gasteiger charge is 2.19. The van der Waals surface area contributed by atoms with Crippen molar-refractivity contribution in [2.45, 2.75) is 37.9 Å². The lowest BCUT2D eigenvalue weighted by molar-refractivity contribution is -0.146. The first kappa shape index (κ1) is 12.9. The molecule has 0 saturated carbocycles. The van der Waals surface area contributed by atoms with Crippen LogP contribution in [0, 0.1) is 0 Å². The Kier molecular flexibility index (Phi) is 5.21. The van der Waals surface area contributed by atoms with E-state index >= 15 is 0 Å². The zero-order valence-electron chi connectivity index (χ0n) is 9.02. The Labute approximate surface area is 93.6 Å². The number of carboxylic acid groups (broad SMARTS) is 1. The Morgan fingerprint density at radius 3 is 2.75 bits per heavy atom. The van der Waals surface area contributed by atoms with E-state index in [4.69, 9.17) is 14.9 Å². The van der Waals surface area contributed by atoms with Crippen LogP contribution in [-0.2, 0) is 14.3 Å². The fraction of sp³-hybridized carbons (Fsp3) is 0.800. The maximum Gasteiger partial charge on any atom is 0.334 e. The predicted molar refractivity (Wildman–Crippen MR) is 54.9 cm³/mol. The summed E-state index contributed by atoms with van der Waals surface area (Å²) < 4.78 is 5.36. The van der Waals surface area contributed by atoms with Gasteiger partial charge in [-0.05, 0) is 19.3 Å². The molecule has 16 heavy (non-hydrogen) atoms. The smallest absolute Gasteiger partial charge is 0.334 e. The molecule has 1 aliphatic rings. The Bertz CT molecular complexity index is 250. The zero-order chi connectivity index (χ0) is 12.0. The second-order valence-corrected chi connectivity index (χ2v) is 3.85. The molecule has 1 aliphatic heterocycles. The third kappa shape index (κ3) is 4.59. The zero-order valence-corrected chi connectivity index (χ0v) is 9.02. The van der Waals surface area contributed by atoms with Gasteiger partial charge in [-0.15, -0.1) is 0 Å². The molecule has 3 N–H and O–H groups in total. The quantitative estimate of drug-likeness (QED) is 0.593. The van der Waals surface area contributed by atoms with Crippen molar-refractivity contribution in [1.29, 1.82) is 0 Å². The van der Waals surface area contributed by atoms with E-state index in [-0.39, 0.29) is 25.0 Å². The fourth-order valence-electron chi connectivity index (χ4n) is 1.55. The van der Waals surface area contributed by atoms with Gasteiger partial charge in [0.25, 0.3) is 0 Å². The second kappa shape index (κ2) is 6.44. The van der Waals surface area contributed by atoms with Gasteiger partial charge in [0.05, 0.1) is 19.1 Å². The first-order chi connectivity index (χ1) is 7.59. The van der Waals surface area contributed by atoms with Crippen LogP contribution in [0.15, 0.2) is 0 Å². The SMILES string of the molecule is O=C(CC1CCCCO1)NCC(O)C(=O)O. The van der Waals surface area contributed by atoms with Crippen LogP contribution < -0.4 is 5.32 Å². The minimum absolute atomic E-state index is 0.0734. The van der Waals surface area contributed by atoms with Crippen molar-refractivity contribution in [3.63, 3.8) is 0 Å². The normalized spacial score (nSPS) is 22.4. The summed E-state index contributed by atoms with van der Waals surface area (Å²) in [7, 11) is 0. The maximum atomic E-state index is 11.3. The lowest BCUT2D eigenvalue weighted by Gasteiger charge is -2.22. The van der Waals surface area contributed by atoms with E-state index in [0.717, 1.165) is 19.3 Å². The molecule has 1 amide bonds. The number of rotatable bonds is 5. The summed E-state index contributed by atoms with van der Waals surface area (Å²) in [6.45, 7) is 0.413. The van der Waals surface area contributed by atoms with Gasteiger partial charge in [-0.2, -0.15) is 0 Å². The van der Waals surface area contributed by atoms with Crippen LogP contribution in [0.25, 0.3) is 0 Å². The first-order valence-electron chi connectivity index (χ1n) is 5.38. The van der Waals surface area contributed by atoms with Crippen LogP contribution in [0.3, 0.4) is 0 Å². The lowest BCUT2D eigenvalue weighted by Crippen LogP contribution is -2.38. The molecule has 1 heterocycles. The minimum Gasteiger partial charge on any atom is -0.479 e. The lowest BCUT2D eigenvalue weighted by atomic mass is 10.1. The van der Waals surface area contributed by atoms with E-state index in [1.54, 1.807) is 0 Å². The van der Waals surface area contributed by atoms with Crippen molar-refractivity contribution in [3.8, 4) is 0 Å². The summed E-state index contributed by atoms with van der Waals surface area (Å²) in [6.07, 6.45) is 1.54. The number of ether oxygens (including phenoxy) is 1. The van der Waals surface area contributed by atoms with E-state index < -0.39 is 12.1 Å². The number of hydrogen-bond acceptors (Lipinski definition) is 4. The molecule has 6 nitrogen and oxygen atoms in total. The Balaban J connectivity index is 2.17. The molecule has 0 bridgehead atoms. The van der Waals surface area contributed by atoms with E-state index in [2.05, 4.69) is 5.32 Å². The molecule has 2 atom stereocenters. The second-order valence-electron chi connectivity index (χ2n) is 3.85. The predicted octanol–water partition coefficient (Wildman–Crippen LogP) is -0.493. The van der Waals surface area contributed by atoms with Crippen LogP contribution in [0.2, 0.25) is 0 Å². The number of aliphatic hydroxyl groups excluding tert-OH is 1. The average Bonchev–Trinajstić information content (AvgIpc) is 2.27. The number of carbonyl (C=O) groups excluding carboxylic acids is 1. The van der Waals surface area contributed by atoms with E-state index in [9.17, 15) is 9.59 Å². The summed E-state index contributed by atoms with van der Waals surface area (Å²) in [5, 5.41) is 19.7. The van der Waals surface area contributed by atoms with Crippen molar-refractivity contribution in [1.82, 2.24) is 5.32 Å². The molecule has 0 aromatic rings. The first-order valence-corrected chi connectivity index (χ1v) is 5.38. The van der Waals surface area contributed by atoms with Gasteiger partial charge in [0.15, 0.2) is 6.10 Å². The topological polar surface area (TPSA) is 95.9 Å². The molecule has 0 aromatic carbocycles. The van der Waals surface area contributed by atoms with Gasteiger partial charge in [0.1, 0.15) is 0 Å². The van der Waals surface area contributed by atoms with Crippen molar-refractivity contribution in [3.05, 3.63) is 0 Å². The molecule has 1 rings (SSSR count). The summed E-state index contributed by atoms with van der Waals surface area (Å²) >= 11 is 0. The van der Waals surface area contributed by atoms with Gasteiger partial charge in [-0.1, -0.05) is 0 Å². The number of carbonyl (C=O) groups is 2. The molecular weight excluding hydrogens is 214 g/mol. The van der Waals surface area contributed by atoms with Crippen LogP contribution in [0.4, 0.5) is 0 Å². The van der Waals surface area contributed by atoms with Crippen LogP contribution in [-0.4, -0.2) is 47.4 Å². The summed E-state index contributed by atoms with van der Waals surface area (Å²) in [5.74, 6) is -1.62. The van der Waals surface area contributed by atoms with Crippen molar-refractivity contribution < 1.29 is 24.5 Å². The van der Waals surface area contributed by atoms with Gasteiger partial charge in [-0.3, -0.25) is 4.79 Å². The Hall–Kier alpha value is -1.14. The molecule has 0 radical (unpaired) electrons. The maximum absolute atomic E-state index is 11.3. The molecular formula is C10H17NO5. The largest absolute Gasteiger partial charge is 0.479 e. The average molecular weight is 231 g/mol. The van der Waals surface area contributed by atoms with Gasteiger partial charge >= 0.3 is 5.97 Å². The van der Waals surface area contributed by atoms with Crippen LogP contribution in [0.5, 0.6) is 0 Å². The highest BCUT2D eigenvalue weighted by Crippen LogP contribution is 2.15. The van der Waals surface area contributed by atoms with Gasteiger partial charge in [0, 0.05) is 6.61 Å². The van der Waals surface area contributed by atoms with Crippen LogP contribution >= 0.6 is 0 Å². The third-order valence-electron chi connectivity index (χ3n) is 2.46. The van der Waals surface area contributed by atoms with Gasteiger partial charge in [0.2, 0.25) is 5.91 Å². The number of aliphatic hydroxyl groups is 1. The number of hydrogen-bond donors (Lipinski definition) is 3. The molecule has 0 spiro atoms. The van der Waals surface area contributed by atoms with E-state index in [1.165, 1.54) is 0 Å².